The van der Waals surface area contributed by atoms with Gasteiger partial charge in [0.15, 0.2) is 0 Å². The van der Waals surface area contributed by atoms with E-state index in [4.69, 9.17) is 4.74 Å². The summed E-state index contributed by atoms with van der Waals surface area (Å²) >= 11 is 0. The van der Waals surface area contributed by atoms with Crippen molar-refractivity contribution in [1.82, 2.24) is 20.0 Å². The first-order chi connectivity index (χ1) is 10.8. The van der Waals surface area contributed by atoms with Gasteiger partial charge in [-0.1, -0.05) is 0 Å². The Hall–Kier alpha value is -0.110. The Balaban J connectivity index is 0.00000144. The van der Waals surface area contributed by atoms with Crippen molar-refractivity contribution in [2.24, 2.45) is 0 Å². The van der Waals surface area contributed by atoms with Gasteiger partial charge in [-0.15, -0.1) is 24.8 Å². The van der Waals surface area contributed by atoms with Crippen LogP contribution in [0, 0.1) is 0 Å². The van der Waals surface area contributed by atoms with Gasteiger partial charge in [-0.3, -0.25) is 14.6 Å². The van der Waals surface area contributed by atoms with Crippen LogP contribution in [0.4, 0.5) is 0 Å². The largest absolute Gasteiger partial charge is 0.379 e. The molecule has 0 spiro atoms. The van der Waals surface area contributed by atoms with E-state index in [1.54, 1.807) is 0 Å². The zero-order valence-corrected chi connectivity index (χ0v) is 16.1. The van der Waals surface area contributed by atoms with E-state index in [-0.39, 0.29) is 24.8 Å². The van der Waals surface area contributed by atoms with Crippen molar-refractivity contribution in [2.45, 2.75) is 25.3 Å². The molecule has 24 heavy (non-hydrogen) atoms. The number of ether oxygens (including phenoxy) is 1. The molecule has 0 aromatic heterocycles. The van der Waals surface area contributed by atoms with Gasteiger partial charge in [0.2, 0.25) is 5.91 Å². The molecule has 3 aliphatic heterocycles. The van der Waals surface area contributed by atoms with Gasteiger partial charge in [-0.05, 0) is 19.4 Å². The van der Waals surface area contributed by atoms with Crippen LogP contribution in [-0.2, 0) is 9.53 Å². The van der Waals surface area contributed by atoms with Gasteiger partial charge in [0, 0.05) is 64.8 Å². The number of rotatable bonds is 5. The summed E-state index contributed by atoms with van der Waals surface area (Å²) in [5.74, 6) is 0.332. The molecule has 3 aliphatic rings. The molecule has 0 aromatic rings. The molecular weight excluding hydrogens is 351 g/mol. The number of hydrogen-bond acceptors (Lipinski definition) is 5. The molecular formula is C16H32Cl2N4O2. The fourth-order valence-electron chi connectivity index (χ4n) is 3.79. The summed E-state index contributed by atoms with van der Waals surface area (Å²) in [7, 11) is 0. The number of hydrogen-bond donors (Lipinski definition) is 1. The topological polar surface area (TPSA) is 48.1 Å². The molecule has 1 N–H and O–H groups in total. The van der Waals surface area contributed by atoms with Crippen LogP contribution >= 0.6 is 24.8 Å². The zero-order chi connectivity index (χ0) is 15.2. The average Bonchev–Trinajstić information content (AvgIpc) is 3.01. The van der Waals surface area contributed by atoms with E-state index in [9.17, 15) is 4.79 Å². The van der Waals surface area contributed by atoms with E-state index in [2.05, 4.69) is 15.1 Å². The predicted octanol–water partition coefficient (Wildman–Crippen LogP) is 0.449. The van der Waals surface area contributed by atoms with Crippen LogP contribution in [0.1, 0.15) is 19.3 Å². The fourth-order valence-corrected chi connectivity index (χ4v) is 3.79. The van der Waals surface area contributed by atoms with Crippen molar-refractivity contribution in [3.63, 3.8) is 0 Å². The Labute approximate surface area is 158 Å². The minimum atomic E-state index is 0. The number of nitrogens with one attached hydrogen (secondary N) is 1. The lowest BCUT2D eigenvalue weighted by atomic mass is 10.2. The molecule has 0 radical (unpaired) electrons. The average molecular weight is 383 g/mol. The highest BCUT2D eigenvalue weighted by Crippen LogP contribution is 2.19. The summed E-state index contributed by atoms with van der Waals surface area (Å²) in [6, 6.07) is 0.633. The summed E-state index contributed by atoms with van der Waals surface area (Å²) in [6.07, 6.45) is 3.23. The van der Waals surface area contributed by atoms with Crippen molar-refractivity contribution in [3.05, 3.63) is 0 Å². The van der Waals surface area contributed by atoms with Crippen molar-refractivity contribution in [1.29, 1.82) is 0 Å². The monoisotopic (exact) mass is 382 g/mol. The highest BCUT2D eigenvalue weighted by Gasteiger charge is 2.28. The van der Waals surface area contributed by atoms with Gasteiger partial charge in [0.05, 0.1) is 13.2 Å². The van der Waals surface area contributed by atoms with E-state index in [0.29, 0.717) is 18.4 Å². The van der Waals surface area contributed by atoms with Crippen LogP contribution in [0.2, 0.25) is 0 Å². The third-order valence-corrected chi connectivity index (χ3v) is 5.15. The Kier molecular flexibility index (Phi) is 10.5. The predicted molar refractivity (Wildman–Crippen MR) is 100 cm³/mol. The number of carbonyl (C=O) groups excluding carboxylic acids is 1. The number of nitrogens with zero attached hydrogens (tertiary/aromatic N) is 3. The summed E-state index contributed by atoms with van der Waals surface area (Å²) in [5.41, 5.74) is 0. The second-order valence-corrected chi connectivity index (χ2v) is 6.63. The minimum absolute atomic E-state index is 0. The number of amides is 1. The van der Waals surface area contributed by atoms with Crippen LogP contribution in [0.25, 0.3) is 0 Å². The number of likely N-dealkylation sites (tertiary alicyclic amines) is 1. The number of morpholine rings is 1. The molecule has 0 saturated carbocycles. The smallest absolute Gasteiger partial charge is 0.223 e. The van der Waals surface area contributed by atoms with Gasteiger partial charge < -0.3 is 15.0 Å². The zero-order valence-electron chi connectivity index (χ0n) is 14.5. The molecule has 3 rings (SSSR count). The Bertz CT molecular complexity index is 364. The lowest BCUT2D eigenvalue weighted by Crippen LogP contribution is -2.48. The third kappa shape index (κ3) is 6.32. The Morgan fingerprint density at radius 1 is 1.04 bits per heavy atom. The maximum absolute atomic E-state index is 12.3. The van der Waals surface area contributed by atoms with Crippen molar-refractivity contribution in [2.75, 3.05) is 72.1 Å². The van der Waals surface area contributed by atoms with Gasteiger partial charge >= 0.3 is 0 Å². The first-order valence-corrected chi connectivity index (χ1v) is 8.85. The van der Waals surface area contributed by atoms with Gasteiger partial charge in [-0.25, -0.2) is 0 Å². The molecule has 3 saturated heterocycles. The van der Waals surface area contributed by atoms with Crippen LogP contribution in [-0.4, -0.2) is 98.8 Å². The molecule has 142 valence electrons. The lowest BCUT2D eigenvalue weighted by Gasteiger charge is -2.33. The molecule has 3 heterocycles. The summed E-state index contributed by atoms with van der Waals surface area (Å²) in [4.78, 5) is 19.4. The molecule has 0 aliphatic carbocycles. The summed E-state index contributed by atoms with van der Waals surface area (Å²) in [6.45, 7) is 10.7. The minimum Gasteiger partial charge on any atom is -0.379 e. The quantitative estimate of drug-likeness (QED) is 0.747. The highest BCUT2D eigenvalue weighted by molar-refractivity contribution is 5.85. The maximum atomic E-state index is 12.3. The van der Waals surface area contributed by atoms with Crippen molar-refractivity contribution >= 4 is 30.7 Å². The molecule has 1 unspecified atom stereocenters. The van der Waals surface area contributed by atoms with Crippen molar-refractivity contribution < 1.29 is 9.53 Å². The second-order valence-electron chi connectivity index (χ2n) is 6.63. The van der Waals surface area contributed by atoms with E-state index in [1.165, 1.54) is 12.8 Å². The highest BCUT2D eigenvalue weighted by atomic mass is 35.5. The number of halogens is 2. The summed E-state index contributed by atoms with van der Waals surface area (Å²) in [5, 5.41) is 3.30. The Morgan fingerprint density at radius 2 is 1.75 bits per heavy atom. The van der Waals surface area contributed by atoms with E-state index >= 15 is 0 Å². The standard InChI is InChI=1S/C16H30N4O2.2ClH/c21-16(20-8-4-17-5-9-20)3-7-19-6-1-2-15(19)14-18-10-12-22-13-11-18;;/h15,17H,1-14H2;2*1H. The van der Waals surface area contributed by atoms with Gasteiger partial charge in [0.1, 0.15) is 0 Å². The van der Waals surface area contributed by atoms with E-state index in [1.807, 2.05) is 4.90 Å². The van der Waals surface area contributed by atoms with E-state index < -0.39 is 0 Å². The Morgan fingerprint density at radius 3 is 2.46 bits per heavy atom. The third-order valence-electron chi connectivity index (χ3n) is 5.15. The van der Waals surface area contributed by atoms with Crippen LogP contribution < -0.4 is 5.32 Å². The SMILES string of the molecule is Cl.Cl.O=C(CCN1CCCC1CN1CCOCC1)N1CCNCC1. The number of piperazine rings is 1. The van der Waals surface area contributed by atoms with E-state index in [0.717, 1.165) is 72.1 Å². The molecule has 1 amide bonds. The second kappa shape index (κ2) is 11.5. The first-order valence-electron chi connectivity index (χ1n) is 8.85. The molecule has 1 atom stereocenters. The summed E-state index contributed by atoms with van der Waals surface area (Å²) < 4.78 is 5.43. The van der Waals surface area contributed by atoms with Crippen LogP contribution in [0.5, 0.6) is 0 Å². The molecule has 0 bridgehead atoms. The molecule has 6 nitrogen and oxygen atoms in total. The van der Waals surface area contributed by atoms with Crippen LogP contribution in [0.15, 0.2) is 0 Å². The van der Waals surface area contributed by atoms with Crippen LogP contribution in [0.3, 0.4) is 0 Å². The maximum Gasteiger partial charge on any atom is 0.223 e. The van der Waals surface area contributed by atoms with Gasteiger partial charge in [-0.2, -0.15) is 0 Å². The molecule has 8 heteroatoms. The van der Waals surface area contributed by atoms with Crippen molar-refractivity contribution in [3.8, 4) is 0 Å². The normalized spacial score (nSPS) is 25.8. The molecule has 0 aromatic carbocycles. The number of carbonyl (C=O) groups is 1. The fraction of sp³-hybridized carbons (Fsp3) is 0.938. The lowest BCUT2D eigenvalue weighted by molar-refractivity contribution is -0.132. The first kappa shape index (κ1) is 21.9. The molecule has 3 fully saturated rings. The van der Waals surface area contributed by atoms with Gasteiger partial charge in [0.25, 0.3) is 0 Å².